The normalized spacial score (nSPS) is 16.5. The minimum Gasteiger partial charge on any atom is -0.296 e. The van der Waals surface area contributed by atoms with E-state index in [9.17, 15) is 9.18 Å². The summed E-state index contributed by atoms with van der Waals surface area (Å²) in [6.45, 7) is 0. The molecule has 0 bridgehead atoms. The maximum absolute atomic E-state index is 13.5. The number of carbonyl (C=O) groups is 1. The van der Waals surface area contributed by atoms with Crippen molar-refractivity contribution in [2.75, 3.05) is 0 Å². The Hall–Kier alpha value is -0.220. The van der Waals surface area contributed by atoms with Crippen molar-refractivity contribution in [1.82, 2.24) is 0 Å². The zero-order valence-corrected chi connectivity index (χ0v) is 11.0. The standard InChI is InChI=1S/C11H9Br2FO/c12-11(13,10(15)7-5-6-7)8-3-1-2-4-9(8)14/h1-4,7H,5-6H2. The van der Waals surface area contributed by atoms with Gasteiger partial charge in [0.05, 0.1) is 0 Å². The molecule has 1 aromatic carbocycles. The van der Waals surface area contributed by atoms with E-state index >= 15 is 0 Å². The van der Waals surface area contributed by atoms with Gasteiger partial charge < -0.3 is 0 Å². The fourth-order valence-electron chi connectivity index (χ4n) is 1.45. The third kappa shape index (κ3) is 2.16. The second-order valence-electron chi connectivity index (χ2n) is 3.69. The van der Waals surface area contributed by atoms with Crippen LogP contribution in [0.1, 0.15) is 18.4 Å². The molecule has 0 heterocycles. The van der Waals surface area contributed by atoms with Crippen LogP contribution in [0.3, 0.4) is 0 Å². The highest BCUT2D eigenvalue weighted by Gasteiger charge is 2.44. The van der Waals surface area contributed by atoms with Crippen molar-refractivity contribution in [3.63, 3.8) is 0 Å². The van der Waals surface area contributed by atoms with Crippen molar-refractivity contribution in [2.24, 2.45) is 5.92 Å². The highest BCUT2D eigenvalue weighted by molar-refractivity contribution is 9.25. The molecular formula is C11H9Br2FO. The molecule has 1 saturated carbocycles. The Morgan fingerprint density at radius 1 is 1.33 bits per heavy atom. The first-order valence-corrected chi connectivity index (χ1v) is 6.29. The number of hydrogen-bond donors (Lipinski definition) is 0. The summed E-state index contributed by atoms with van der Waals surface area (Å²) in [4.78, 5) is 11.9. The van der Waals surface area contributed by atoms with Crippen LogP contribution < -0.4 is 0 Å². The van der Waals surface area contributed by atoms with Gasteiger partial charge in [0.2, 0.25) is 0 Å². The fraction of sp³-hybridized carbons (Fsp3) is 0.364. The number of carbonyl (C=O) groups excluding carboxylic acids is 1. The Balaban J connectivity index is 2.35. The van der Waals surface area contributed by atoms with E-state index in [2.05, 4.69) is 31.9 Å². The summed E-state index contributed by atoms with van der Waals surface area (Å²) in [5.41, 5.74) is 0.349. The van der Waals surface area contributed by atoms with Crippen LogP contribution in [0.5, 0.6) is 0 Å². The van der Waals surface area contributed by atoms with Crippen molar-refractivity contribution in [1.29, 1.82) is 0 Å². The number of ketones is 1. The lowest BCUT2D eigenvalue weighted by atomic mass is 10.1. The first-order valence-electron chi connectivity index (χ1n) is 4.70. The fourth-order valence-corrected chi connectivity index (χ4v) is 2.74. The molecule has 0 spiro atoms. The SMILES string of the molecule is O=C(C1CC1)C(Br)(Br)c1ccccc1F. The van der Waals surface area contributed by atoms with Crippen LogP contribution >= 0.6 is 31.9 Å². The number of halogens is 3. The molecule has 4 heteroatoms. The predicted molar refractivity (Wildman–Crippen MR) is 63.7 cm³/mol. The van der Waals surface area contributed by atoms with Crippen molar-refractivity contribution < 1.29 is 9.18 Å². The lowest BCUT2D eigenvalue weighted by molar-refractivity contribution is -0.120. The van der Waals surface area contributed by atoms with Gasteiger partial charge in [-0.25, -0.2) is 4.39 Å². The van der Waals surface area contributed by atoms with E-state index in [1.165, 1.54) is 6.07 Å². The van der Waals surface area contributed by atoms with Crippen molar-refractivity contribution >= 4 is 37.6 Å². The zero-order valence-electron chi connectivity index (χ0n) is 7.84. The summed E-state index contributed by atoms with van der Waals surface area (Å²) in [6, 6.07) is 6.29. The van der Waals surface area contributed by atoms with Crippen LogP contribution in [0.25, 0.3) is 0 Å². The molecule has 0 radical (unpaired) electrons. The summed E-state index contributed by atoms with van der Waals surface area (Å²) in [5, 5.41) is 0. The van der Waals surface area contributed by atoms with Crippen molar-refractivity contribution in [3.05, 3.63) is 35.6 Å². The monoisotopic (exact) mass is 334 g/mol. The predicted octanol–water partition coefficient (Wildman–Crippen LogP) is 3.75. The Kier molecular flexibility index (Phi) is 2.99. The molecular weight excluding hydrogens is 327 g/mol. The smallest absolute Gasteiger partial charge is 0.167 e. The molecule has 0 aromatic heterocycles. The lowest BCUT2D eigenvalue weighted by Crippen LogP contribution is -2.25. The Bertz CT molecular complexity index is 399. The van der Waals surface area contributed by atoms with Gasteiger partial charge in [-0.1, -0.05) is 50.1 Å². The van der Waals surface area contributed by atoms with E-state index < -0.39 is 3.23 Å². The maximum Gasteiger partial charge on any atom is 0.167 e. The van der Waals surface area contributed by atoms with Gasteiger partial charge in [-0.05, 0) is 18.9 Å². The van der Waals surface area contributed by atoms with Gasteiger partial charge in [0, 0.05) is 11.5 Å². The molecule has 80 valence electrons. The summed E-state index contributed by atoms with van der Waals surface area (Å²) in [6.07, 6.45) is 1.82. The zero-order chi connectivity index (χ0) is 11.1. The van der Waals surface area contributed by atoms with E-state index in [1.54, 1.807) is 18.2 Å². The van der Waals surface area contributed by atoms with Gasteiger partial charge in [0.15, 0.2) is 9.02 Å². The number of hydrogen-bond acceptors (Lipinski definition) is 1. The summed E-state index contributed by atoms with van der Waals surface area (Å²) in [7, 11) is 0. The van der Waals surface area contributed by atoms with E-state index in [1.807, 2.05) is 0 Å². The largest absolute Gasteiger partial charge is 0.296 e. The first-order chi connectivity index (χ1) is 7.03. The summed E-state index contributed by atoms with van der Waals surface area (Å²) < 4.78 is 12.5. The topological polar surface area (TPSA) is 17.1 Å². The van der Waals surface area contributed by atoms with Crippen LogP contribution in [0.15, 0.2) is 24.3 Å². The second kappa shape index (κ2) is 3.98. The molecule has 1 fully saturated rings. The van der Waals surface area contributed by atoms with Crippen LogP contribution in [-0.4, -0.2) is 5.78 Å². The van der Waals surface area contributed by atoms with Gasteiger partial charge in [-0.15, -0.1) is 0 Å². The van der Waals surface area contributed by atoms with Gasteiger partial charge in [0.1, 0.15) is 5.82 Å². The number of Topliss-reactive ketones (excluding diaryl/α,β-unsaturated/α-hetero) is 1. The molecule has 0 aliphatic heterocycles. The minimum atomic E-state index is -1.06. The molecule has 1 aliphatic carbocycles. The summed E-state index contributed by atoms with van der Waals surface area (Å²) >= 11 is 6.55. The minimum absolute atomic E-state index is 0.00704. The molecule has 0 atom stereocenters. The summed E-state index contributed by atoms with van der Waals surface area (Å²) in [5.74, 6) is -0.295. The third-order valence-corrected chi connectivity index (χ3v) is 4.11. The van der Waals surface area contributed by atoms with Crippen molar-refractivity contribution in [3.8, 4) is 0 Å². The highest BCUT2D eigenvalue weighted by Crippen LogP contribution is 2.47. The van der Waals surface area contributed by atoms with Gasteiger partial charge >= 0.3 is 0 Å². The highest BCUT2D eigenvalue weighted by atomic mass is 79.9. The maximum atomic E-state index is 13.5. The van der Waals surface area contributed by atoms with Gasteiger partial charge in [-0.2, -0.15) is 0 Å². The molecule has 0 saturated heterocycles. The number of rotatable bonds is 3. The molecule has 0 amide bonds. The van der Waals surface area contributed by atoms with E-state index in [-0.39, 0.29) is 17.5 Å². The Morgan fingerprint density at radius 3 is 2.47 bits per heavy atom. The molecule has 0 unspecified atom stereocenters. The third-order valence-electron chi connectivity index (χ3n) is 2.47. The average molecular weight is 336 g/mol. The Morgan fingerprint density at radius 2 is 1.93 bits per heavy atom. The van der Waals surface area contributed by atoms with E-state index in [0.29, 0.717) is 5.56 Å². The molecule has 1 aliphatic rings. The Labute approximate surface area is 104 Å². The first kappa shape index (κ1) is 11.3. The number of alkyl halides is 2. The van der Waals surface area contributed by atoms with E-state index in [4.69, 9.17) is 0 Å². The van der Waals surface area contributed by atoms with Crippen LogP contribution in [-0.2, 0) is 8.03 Å². The average Bonchev–Trinajstić information content (AvgIpc) is 3.00. The quantitative estimate of drug-likeness (QED) is 0.769. The van der Waals surface area contributed by atoms with Crippen LogP contribution in [0.2, 0.25) is 0 Å². The lowest BCUT2D eigenvalue weighted by Gasteiger charge is -2.19. The van der Waals surface area contributed by atoms with Crippen molar-refractivity contribution in [2.45, 2.75) is 16.1 Å². The second-order valence-corrected chi connectivity index (χ2v) is 7.14. The van der Waals surface area contributed by atoms with E-state index in [0.717, 1.165) is 12.8 Å². The molecule has 2 rings (SSSR count). The van der Waals surface area contributed by atoms with Crippen LogP contribution in [0.4, 0.5) is 4.39 Å². The van der Waals surface area contributed by atoms with Gasteiger partial charge in [-0.3, -0.25) is 4.79 Å². The molecule has 0 N–H and O–H groups in total. The van der Waals surface area contributed by atoms with Gasteiger partial charge in [0.25, 0.3) is 0 Å². The van der Waals surface area contributed by atoms with Crippen LogP contribution in [0, 0.1) is 11.7 Å². The molecule has 1 aromatic rings. The molecule has 15 heavy (non-hydrogen) atoms. The number of benzene rings is 1. The molecule has 1 nitrogen and oxygen atoms in total.